The minimum atomic E-state index is -0.478. The summed E-state index contributed by atoms with van der Waals surface area (Å²) >= 11 is 6.10. The van der Waals surface area contributed by atoms with E-state index in [1.165, 1.54) is 0 Å². The highest BCUT2D eigenvalue weighted by Crippen LogP contribution is 2.55. The van der Waals surface area contributed by atoms with Gasteiger partial charge in [0.15, 0.2) is 23.1 Å². The first-order valence-corrected chi connectivity index (χ1v) is 16.3. The highest BCUT2D eigenvalue weighted by molar-refractivity contribution is 6.30. The summed E-state index contributed by atoms with van der Waals surface area (Å²) in [7, 11) is 1.69. The lowest BCUT2D eigenvalue weighted by atomic mass is 9.63. The molecule has 0 bridgehead atoms. The van der Waals surface area contributed by atoms with Crippen molar-refractivity contribution in [3.63, 3.8) is 0 Å². The van der Waals surface area contributed by atoms with Gasteiger partial charge in [-0.3, -0.25) is 9.59 Å². The lowest BCUT2D eigenvalue weighted by Gasteiger charge is -2.49. The number of ether oxygens (including phenoxy) is 3. The van der Waals surface area contributed by atoms with E-state index in [9.17, 15) is 9.59 Å². The van der Waals surface area contributed by atoms with E-state index in [1.54, 1.807) is 7.11 Å². The predicted octanol–water partition coefficient (Wildman–Crippen LogP) is 8.38. The second kappa shape index (κ2) is 13.2. The highest BCUT2D eigenvalue weighted by Gasteiger charge is 2.49. The summed E-state index contributed by atoms with van der Waals surface area (Å²) in [5.74, 6) is 0.963. The fourth-order valence-electron chi connectivity index (χ4n) is 7.15. The SMILES string of the molecule is C=CCc1cc(C2C3=C(CC(C)(C)CC3=O)N(CCOC)C3=C2C(=O)CC(C)(C)C3)cc(OCC)c1OCc1ccc(Cl)cc1. The van der Waals surface area contributed by atoms with Crippen LogP contribution in [0.5, 0.6) is 11.5 Å². The Bertz CT molecular complexity index is 1490. The molecule has 0 saturated carbocycles. The van der Waals surface area contributed by atoms with Gasteiger partial charge in [-0.15, -0.1) is 6.58 Å². The van der Waals surface area contributed by atoms with Crippen LogP contribution >= 0.6 is 11.6 Å². The van der Waals surface area contributed by atoms with Crippen LogP contribution < -0.4 is 9.47 Å². The van der Waals surface area contributed by atoms with Crippen molar-refractivity contribution < 1.29 is 23.8 Å². The number of carbonyl (C=O) groups is 2. The third-order valence-electron chi connectivity index (χ3n) is 8.99. The Morgan fingerprint density at radius 2 is 1.53 bits per heavy atom. The van der Waals surface area contributed by atoms with Crippen LogP contribution in [0.1, 0.15) is 82.9 Å². The first kappa shape index (κ1) is 33.0. The summed E-state index contributed by atoms with van der Waals surface area (Å²) in [5, 5.41) is 0.669. The quantitative estimate of drug-likeness (QED) is 0.232. The fraction of sp³-hybridized carbons (Fsp3) is 0.474. The summed E-state index contributed by atoms with van der Waals surface area (Å²) in [6.45, 7) is 16.4. The van der Waals surface area contributed by atoms with E-state index in [-0.39, 0.29) is 22.4 Å². The van der Waals surface area contributed by atoms with Gasteiger partial charge in [0.1, 0.15) is 6.61 Å². The average molecular weight is 632 g/mol. The third-order valence-corrected chi connectivity index (χ3v) is 9.24. The Labute approximate surface area is 273 Å². The summed E-state index contributed by atoms with van der Waals surface area (Å²) in [5.41, 5.74) is 5.89. The van der Waals surface area contributed by atoms with Crippen molar-refractivity contribution >= 4 is 23.2 Å². The molecule has 2 aromatic rings. The van der Waals surface area contributed by atoms with Gasteiger partial charge in [0.25, 0.3) is 0 Å². The molecule has 0 radical (unpaired) electrons. The monoisotopic (exact) mass is 631 g/mol. The molecule has 5 rings (SSSR count). The van der Waals surface area contributed by atoms with Crippen LogP contribution in [0, 0.1) is 10.8 Å². The molecule has 45 heavy (non-hydrogen) atoms. The van der Waals surface area contributed by atoms with Crippen molar-refractivity contribution in [3.05, 3.63) is 93.3 Å². The number of carbonyl (C=O) groups excluding carboxylic acids is 2. The normalized spacial score (nSPS) is 19.4. The Morgan fingerprint density at radius 1 is 0.933 bits per heavy atom. The Morgan fingerprint density at radius 3 is 2.07 bits per heavy atom. The first-order valence-electron chi connectivity index (χ1n) is 15.9. The van der Waals surface area contributed by atoms with Crippen molar-refractivity contribution in [2.75, 3.05) is 26.9 Å². The molecular formula is C38H46ClNO5. The zero-order valence-corrected chi connectivity index (χ0v) is 28.3. The molecule has 0 N–H and O–H groups in total. The van der Waals surface area contributed by atoms with E-state index in [2.05, 4.69) is 45.2 Å². The number of allylic oxidation sites excluding steroid dienone is 5. The zero-order valence-electron chi connectivity index (χ0n) is 27.6. The van der Waals surface area contributed by atoms with Crippen molar-refractivity contribution in [2.45, 2.75) is 79.2 Å². The van der Waals surface area contributed by atoms with E-state index >= 15 is 0 Å². The number of methoxy groups -OCH3 is 1. The van der Waals surface area contributed by atoms with Gasteiger partial charge in [-0.25, -0.2) is 0 Å². The molecule has 0 amide bonds. The number of rotatable bonds is 11. The average Bonchev–Trinajstić information content (AvgIpc) is 2.95. The molecule has 0 fully saturated rings. The Kier molecular flexibility index (Phi) is 9.67. The Balaban J connectivity index is 1.70. The maximum absolute atomic E-state index is 14.2. The third kappa shape index (κ3) is 6.92. The van der Waals surface area contributed by atoms with Crippen molar-refractivity contribution in [1.82, 2.24) is 4.90 Å². The van der Waals surface area contributed by atoms with Crippen LogP contribution in [0.3, 0.4) is 0 Å². The van der Waals surface area contributed by atoms with Crippen LogP contribution in [0.2, 0.25) is 5.02 Å². The number of halogens is 1. The molecule has 0 saturated heterocycles. The number of ketones is 2. The van der Waals surface area contributed by atoms with Crippen LogP contribution in [-0.4, -0.2) is 43.3 Å². The minimum absolute atomic E-state index is 0.101. The van der Waals surface area contributed by atoms with Crippen molar-refractivity contribution in [1.29, 1.82) is 0 Å². The number of benzene rings is 2. The van der Waals surface area contributed by atoms with Gasteiger partial charge in [0.05, 0.1) is 13.2 Å². The zero-order chi connectivity index (χ0) is 32.5. The predicted molar refractivity (Wildman–Crippen MR) is 179 cm³/mol. The molecule has 0 aromatic heterocycles. The summed E-state index contributed by atoms with van der Waals surface area (Å²) in [6, 6.07) is 11.6. The molecule has 1 heterocycles. The van der Waals surface area contributed by atoms with Gasteiger partial charge in [-0.05, 0) is 66.3 Å². The fourth-order valence-corrected chi connectivity index (χ4v) is 7.28. The van der Waals surface area contributed by atoms with E-state index in [0.29, 0.717) is 62.1 Å². The van der Waals surface area contributed by atoms with E-state index in [4.69, 9.17) is 25.8 Å². The van der Waals surface area contributed by atoms with Crippen LogP contribution in [0.15, 0.2) is 71.6 Å². The largest absolute Gasteiger partial charge is 0.490 e. The minimum Gasteiger partial charge on any atom is -0.490 e. The number of Topliss-reactive ketones (excluding diaryl/α,β-unsaturated/α-hetero) is 2. The molecule has 3 aliphatic rings. The Hall–Kier alpha value is -3.35. The van der Waals surface area contributed by atoms with E-state index in [0.717, 1.165) is 52.1 Å². The van der Waals surface area contributed by atoms with Crippen molar-refractivity contribution in [2.24, 2.45) is 10.8 Å². The summed E-state index contributed by atoms with van der Waals surface area (Å²) < 4.78 is 18.2. The maximum atomic E-state index is 14.2. The van der Waals surface area contributed by atoms with Gasteiger partial charge in [0.2, 0.25) is 0 Å². The molecule has 0 unspecified atom stereocenters. The summed E-state index contributed by atoms with van der Waals surface area (Å²) in [4.78, 5) is 30.6. The molecule has 0 atom stereocenters. The van der Waals surface area contributed by atoms with E-state index in [1.807, 2.05) is 43.3 Å². The number of nitrogens with zero attached hydrogens (tertiary/aromatic N) is 1. The topological polar surface area (TPSA) is 65.1 Å². The lowest BCUT2D eigenvalue weighted by Crippen LogP contribution is -2.45. The molecule has 7 heteroatoms. The second-order valence-electron chi connectivity index (χ2n) is 14.0. The molecule has 6 nitrogen and oxygen atoms in total. The molecule has 240 valence electrons. The molecule has 2 aliphatic carbocycles. The number of hydrogen-bond donors (Lipinski definition) is 0. The van der Waals surface area contributed by atoms with Gasteiger partial charge in [0, 0.05) is 65.5 Å². The van der Waals surface area contributed by atoms with Crippen LogP contribution in [0.25, 0.3) is 0 Å². The first-order chi connectivity index (χ1) is 21.4. The van der Waals surface area contributed by atoms with Gasteiger partial charge in [-0.1, -0.05) is 63.6 Å². The van der Waals surface area contributed by atoms with E-state index < -0.39 is 5.92 Å². The smallest absolute Gasteiger partial charge is 0.165 e. The van der Waals surface area contributed by atoms with Crippen LogP contribution in [0.4, 0.5) is 0 Å². The lowest BCUT2D eigenvalue weighted by molar-refractivity contribution is -0.119. The van der Waals surface area contributed by atoms with Gasteiger partial charge in [-0.2, -0.15) is 0 Å². The van der Waals surface area contributed by atoms with Crippen molar-refractivity contribution in [3.8, 4) is 11.5 Å². The number of hydrogen-bond acceptors (Lipinski definition) is 6. The van der Waals surface area contributed by atoms with Gasteiger partial charge >= 0.3 is 0 Å². The molecule has 1 aliphatic heterocycles. The van der Waals surface area contributed by atoms with Crippen LogP contribution in [-0.2, 0) is 27.4 Å². The van der Waals surface area contributed by atoms with Gasteiger partial charge < -0.3 is 19.1 Å². The maximum Gasteiger partial charge on any atom is 0.165 e. The highest BCUT2D eigenvalue weighted by atomic mass is 35.5. The molecular weight excluding hydrogens is 586 g/mol. The standard InChI is InChI=1S/C38H46ClNO5/c1-8-10-25-17-26(18-32(44-9-2)36(25)45-23-24-11-13-27(39)14-12-24)33-34-28(19-37(3,4)21-30(34)41)40(15-16-43-7)29-20-38(5,6)22-31(42)35(29)33/h8,11-14,17-18,33H,1,9-10,15-16,19-23H2,2-7H3. The molecule has 0 spiro atoms. The summed E-state index contributed by atoms with van der Waals surface area (Å²) in [6.07, 6.45) is 4.75. The molecule has 2 aromatic carbocycles. The second-order valence-corrected chi connectivity index (χ2v) is 14.5.